The standard InChI is InChI=1S/C13H19Cl2N3/c1-3-8-17-13(16-2)18-9-7-10-11(14)5-4-6-12(10)15/h4-6H,3,7-9H2,1-2H3,(H2,16,17,18). The Morgan fingerprint density at radius 3 is 2.33 bits per heavy atom. The van der Waals surface area contributed by atoms with E-state index in [0.29, 0.717) is 10.0 Å². The maximum Gasteiger partial charge on any atom is 0.190 e. The summed E-state index contributed by atoms with van der Waals surface area (Å²) in [4.78, 5) is 4.13. The summed E-state index contributed by atoms with van der Waals surface area (Å²) in [5.74, 6) is 0.806. The minimum atomic E-state index is 0.709. The Morgan fingerprint density at radius 2 is 1.78 bits per heavy atom. The summed E-state index contributed by atoms with van der Waals surface area (Å²) in [5.41, 5.74) is 0.972. The molecule has 18 heavy (non-hydrogen) atoms. The minimum absolute atomic E-state index is 0.709. The van der Waals surface area contributed by atoms with Crippen LogP contribution in [0.4, 0.5) is 0 Å². The molecule has 0 heterocycles. The van der Waals surface area contributed by atoms with E-state index in [0.717, 1.165) is 37.5 Å². The van der Waals surface area contributed by atoms with Gasteiger partial charge in [0.05, 0.1) is 0 Å². The van der Waals surface area contributed by atoms with Crippen LogP contribution in [-0.4, -0.2) is 26.1 Å². The van der Waals surface area contributed by atoms with Crippen LogP contribution in [0, 0.1) is 0 Å². The fourth-order valence-corrected chi connectivity index (χ4v) is 2.13. The molecule has 0 radical (unpaired) electrons. The smallest absolute Gasteiger partial charge is 0.190 e. The van der Waals surface area contributed by atoms with Gasteiger partial charge in [-0.1, -0.05) is 36.2 Å². The van der Waals surface area contributed by atoms with E-state index in [-0.39, 0.29) is 0 Å². The van der Waals surface area contributed by atoms with Gasteiger partial charge in [-0.2, -0.15) is 0 Å². The number of aliphatic imine (C=N–C) groups is 1. The average molecular weight is 288 g/mol. The van der Waals surface area contributed by atoms with Crippen molar-refractivity contribution in [2.24, 2.45) is 4.99 Å². The molecule has 0 unspecified atom stereocenters. The first-order chi connectivity index (χ1) is 8.69. The van der Waals surface area contributed by atoms with Crippen LogP contribution in [0.1, 0.15) is 18.9 Å². The van der Waals surface area contributed by atoms with Crippen molar-refractivity contribution in [3.05, 3.63) is 33.8 Å². The summed E-state index contributed by atoms with van der Waals surface area (Å²) in [6.07, 6.45) is 1.84. The van der Waals surface area contributed by atoms with Gasteiger partial charge in [-0.3, -0.25) is 4.99 Å². The molecule has 100 valence electrons. The first-order valence-electron chi connectivity index (χ1n) is 6.06. The lowest BCUT2D eigenvalue weighted by molar-refractivity contribution is 0.773. The quantitative estimate of drug-likeness (QED) is 0.645. The molecule has 1 rings (SSSR count). The highest BCUT2D eigenvalue weighted by atomic mass is 35.5. The molecule has 0 aliphatic heterocycles. The Bertz CT molecular complexity index is 385. The van der Waals surface area contributed by atoms with Crippen LogP contribution in [0.3, 0.4) is 0 Å². The second kappa shape index (κ2) is 8.22. The zero-order valence-corrected chi connectivity index (χ0v) is 12.3. The van der Waals surface area contributed by atoms with Gasteiger partial charge in [0.25, 0.3) is 0 Å². The molecule has 1 aromatic carbocycles. The largest absolute Gasteiger partial charge is 0.356 e. The molecular formula is C13H19Cl2N3. The lowest BCUT2D eigenvalue weighted by atomic mass is 10.1. The Kier molecular flexibility index (Phi) is 6.91. The number of halogens is 2. The van der Waals surface area contributed by atoms with Gasteiger partial charge in [-0.05, 0) is 30.5 Å². The predicted molar refractivity (Wildman–Crippen MR) is 79.8 cm³/mol. The SMILES string of the molecule is CCCNC(=NC)NCCc1c(Cl)cccc1Cl. The van der Waals surface area contributed by atoms with E-state index in [1.165, 1.54) is 0 Å². The zero-order chi connectivity index (χ0) is 13.4. The molecule has 0 fully saturated rings. The van der Waals surface area contributed by atoms with E-state index in [1.807, 2.05) is 18.2 Å². The number of nitrogens with zero attached hydrogens (tertiary/aromatic N) is 1. The average Bonchev–Trinajstić information content (AvgIpc) is 2.36. The van der Waals surface area contributed by atoms with Gasteiger partial charge in [-0.15, -0.1) is 0 Å². The van der Waals surface area contributed by atoms with E-state index < -0.39 is 0 Å². The van der Waals surface area contributed by atoms with Gasteiger partial charge in [-0.25, -0.2) is 0 Å². The van der Waals surface area contributed by atoms with Crippen molar-refractivity contribution in [3.8, 4) is 0 Å². The van der Waals surface area contributed by atoms with E-state index in [1.54, 1.807) is 7.05 Å². The fourth-order valence-electron chi connectivity index (χ4n) is 1.54. The van der Waals surface area contributed by atoms with E-state index >= 15 is 0 Å². The predicted octanol–water partition coefficient (Wildman–Crippen LogP) is 3.11. The summed E-state index contributed by atoms with van der Waals surface area (Å²) in [6, 6.07) is 5.56. The van der Waals surface area contributed by atoms with Crippen LogP contribution in [0.5, 0.6) is 0 Å². The minimum Gasteiger partial charge on any atom is -0.356 e. The molecule has 0 aliphatic carbocycles. The number of rotatable bonds is 5. The van der Waals surface area contributed by atoms with Crippen molar-refractivity contribution in [1.29, 1.82) is 0 Å². The summed E-state index contributed by atoms with van der Waals surface area (Å²) < 4.78 is 0. The normalized spacial score (nSPS) is 11.4. The molecule has 1 aromatic rings. The summed E-state index contributed by atoms with van der Waals surface area (Å²) in [6.45, 7) is 3.77. The molecule has 0 aromatic heterocycles. The molecule has 0 spiro atoms. The Hall–Kier alpha value is -0.930. The van der Waals surface area contributed by atoms with E-state index in [2.05, 4.69) is 22.5 Å². The third kappa shape index (κ3) is 4.75. The number of nitrogens with one attached hydrogen (secondary N) is 2. The molecule has 0 saturated carbocycles. The monoisotopic (exact) mass is 287 g/mol. The fraction of sp³-hybridized carbons (Fsp3) is 0.462. The third-order valence-corrected chi connectivity index (χ3v) is 3.20. The van der Waals surface area contributed by atoms with Crippen LogP contribution < -0.4 is 10.6 Å². The summed E-state index contributed by atoms with van der Waals surface area (Å²) in [5, 5.41) is 7.85. The summed E-state index contributed by atoms with van der Waals surface area (Å²) >= 11 is 12.2. The number of hydrogen-bond acceptors (Lipinski definition) is 1. The molecule has 0 amide bonds. The Morgan fingerprint density at radius 1 is 1.17 bits per heavy atom. The molecule has 3 nitrogen and oxygen atoms in total. The molecule has 0 saturated heterocycles. The first kappa shape index (κ1) is 15.1. The Balaban J connectivity index is 2.46. The van der Waals surface area contributed by atoms with E-state index in [9.17, 15) is 0 Å². The maximum absolute atomic E-state index is 6.10. The topological polar surface area (TPSA) is 36.4 Å². The molecule has 0 aliphatic rings. The highest BCUT2D eigenvalue weighted by molar-refractivity contribution is 6.35. The lowest BCUT2D eigenvalue weighted by Crippen LogP contribution is -2.38. The second-order valence-corrected chi connectivity index (χ2v) is 4.69. The van der Waals surface area contributed by atoms with Crippen molar-refractivity contribution in [2.45, 2.75) is 19.8 Å². The molecule has 0 atom stereocenters. The van der Waals surface area contributed by atoms with Gasteiger partial charge >= 0.3 is 0 Å². The maximum atomic E-state index is 6.10. The van der Waals surface area contributed by atoms with Gasteiger partial charge in [0, 0.05) is 30.2 Å². The first-order valence-corrected chi connectivity index (χ1v) is 6.82. The van der Waals surface area contributed by atoms with Crippen molar-refractivity contribution < 1.29 is 0 Å². The van der Waals surface area contributed by atoms with Crippen molar-refractivity contribution in [3.63, 3.8) is 0 Å². The van der Waals surface area contributed by atoms with E-state index in [4.69, 9.17) is 23.2 Å². The Labute approximate surface area is 119 Å². The van der Waals surface area contributed by atoms with Crippen LogP contribution in [0.2, 0.25) is 10.0 Å². The van der Waals surface area contributed by atoms with Gasteiger partial charge in [0.1, 0.15) is 0 Å². The van der Waals surface area contributed by atoms with Crippen molar-refractivity contribution in [2.75, 3.05) is 20.1 Å². The third-order valence-electron chi connectivity index (χ3n) is 2.50. The van der Waals surface area contributed by atoms with Gasteiger partial charge < -0.3 is 10.6 Å². The van der Waals surface area contributed by atoms with Gasteiger partial charge in [0.15, 0.2) is 5.96 Å². The molecule has 5 heteroatoms. The summed E-state index contributed by atoms with van der Waals surface area (Å²) in [7, 11) is 1.76. The van der Waals surface area contributed by atoms with Gasteiger partial charge in [0.2, 0.25) is 0 Å². The highest BCUT2D eigenvalue weighted by Gasteiger charge is 2.05. The molecule has 2 N–H and O–H groups in total. The molecular weight excluding hydrogens is 269 g/mol. The van der Waals surface area contributed by atoms with Crippen molar-refractivity contribution >= 4 is 29.2 Å². The van der Waals surface area contributed by atoms with Crippen LogP contribution in [0.15, 0.2) is 23.2 Å². The van der Waals surface area contributed by atoms with Crippen LogP contribution >= 0.6 is 23.2 Å². The van der Waals surface area contributed by atoms with Crippen LogP contribution in [-0.2, 0) is 6.42 Å². The second-order valence-electron chi connectivity index (χ2n) is 3.88. The number of guanidine groups is 1. The van der Waals surface area contributed by atoms with Crippen LogP contribution in [0.25, 0.3) is 0 Å². The van der Waals surface area contributed by atoms with Crippen molar-refractivity contribution in [1.82, 2.24) is 10.6 Å². The number of hydrogen-bond donors (Lipinski definition) is 2. The zero-order valence-electron chi connectivity index (χ0n) is 10.8. The lowest BCUT2D eigenvalue weighted by Gasteiger charge is -2.12. The number of benzene rings is 1. The highest BCUT2D eigenvalue weighted by Crippen LogP contribution is 2.24. The molecule has 0 bridgehead atoms.